The number of hydrogen-bond acceptors (Lipinski definition) is 6. The molecule has 5 rings (SSSR count). The second kappa shape index (κ2) is 7.74. The first-order valence-electron chi connectivity index (χ1n) is 9.96. The minimum Gasteiger partial charge on any atom is -0.493 e. The molecule has 0 unspecified atom stereocenters. The predicted molar refractivity (Wildman–Crippen MR) is 118 cm³/mol. The van der Waals surface area contributed by atoms with Gasteiger partial charge >= 0.3 is 5.97 Å². The number of hydrogen-bond donors (Lipinski definition) is 0. The summed E-state index contributed by atoms with van der Waals surface area (Å²) in [5, 5.41) is 0.727. The maximum absolute atomic E-state index is 12.7. The molecule has 158 valence electrons. The van der Waals surface area contributed by atoms with Crippen molar-refractivity contribution in [2.75, 3.05) is 7.11 Å². The second-order valence-corrected chi connectivity index (χ2v) is 7.33. The Labute approximate surface area is 183 Å². The molecule has 0 saturated heterocycles. The lowest BCUT2D eigenvalue weighted by Gasteiger charge is -2.04. The summed E-state index contributed by atoms with van der Waals surface area (Å²) in [4.78, 5) is 25.3. The van der Waals surface area contributed by atoms with Gasteiger partial charge in [0.1, 0.15) is 11.5 Å². The molecule has 0 saturated carbocycles. The van der Waals surface area contributed by atoms with Gasteiger partial charge in [-0.15, -0.1) is 0 Å². The highest BCUT2D eigenvalue weighted by atomic mass is 16.6. The van der Waals surface area contributed by atoms with Crippen LogP contribution in [-0.2, 0) is 0 Å². The summed E-state index contributed by atoms with van der Waals surface area (Å²) in [7, 11) is 1.53. The molecule has 1 aromatic heterocycles. The van der Waals surface area contributed by atoms with Crippen LogP contribution in [0, 0.1) is 6.92 Å². The highest BCUT2D eigenvalue weighted by molar-refractivity contribution is 6.14. The molecule has 0 aliphatic carbocycles. The first kappa shape index (κ1) is 19.6. The van der Waals surface area contributed by atoms with Crippen molar-refractivity contribution in [1.82, 2.24) is 0 Å². The minimum absolute atomic E-state index is 0.0436. The Balaban J connectivity index is 1.39. The number of benzene rings is 3. The Bertz CT molecular complexity index is 1410. The van der Waals surface area contributed by atoms with E-state index in [4.69, 9.17) is 18.6 Å². The summed E-state index contributed by atoms with van der Waals surface area (Å²) >= 11 is 0. The number of aryl methyl sites for hydroxylation is 1. The average molecular weight is 426 g/mol. The fourth-order valence-corrected chi connectivity index (χ4v) is 3.58. The van der Waals surface area contributed by atoms with Gasteiger partial charge in [-0.3, -0.25) is 4.79 Å². The number of para-hydroxylation sites is 1. The monoisotopic (exact) mass is 426 g/mol. The number of carbonyl (C=O) groups excluding carboxylic acids is 2. The van der Waals surface area contributed by atoms with Gasteiger partial charge in [0.2, 0.25) is 11.5 Å². The predicted octanol–water partition coefficient (Wildman–Crippen LogP) is 5.59. The van der Waals surface area contributed by atoms with E-state index in [1.165, 1.54) is 13.2 Å². The van der Waals surface area contributed by atoms with E-state index in [0.29, 0.717) is 22.6 Å². The molecular formula is C26H18O6. The summed E-state index contributed by atoms with van der Waals surface area (Å²) in [6.45, 7) is 1.96. The van der Waals surface area contributed by atoms with Crippen LogP contribution in [0.4, 0.5) is 0 Å². The van der Waals surface area contributed by atoms with Crippen molar-refractivity contribution in [1.29, 1.82) is 0 Å². The minimum atomic E-state index is -0.664. The van der Waals surface area contributed by atoms with E-state index in [9.17, 15) is 9.59 Å². The number of rotatable bonds is 4. The molecule has 2 heterocycles. The van der Waals surface area contributed by atoms with Crippen LogP contribution in [0.3, 0.4) is 0 Å². The number of furan rings is 1. The summed E-state index contributed by atoms with van der Waals surface area (Å²) in [5.41, 5.74) is 2.81. The lowest BCUT2D eigenvalue weighted by atomic mass is 10.1. The molecule has 3 aromatic carbocycles. The zero-order valence-electron chi connectivity index (χ0n) is 17.4. The Hall–Kier alpha value is -4.32. The van der Waals surface area contributed by atoms with Crippen LogP contribution in [0.1, 0.15) is 32.0 Å². The number of allylic oxidation sites excluding steroid dienone is 1. The standard InChI is InChI=1S/C26H18O6/c1-15-6-3-4-7-16(15)12-22-24(27)19-11-10-18(14-21(19)31-22)30-26(28)23-13-17-8-5-9-20(29-2)25(17)32-23/h3-14H,1-2H3/b22-12-. The Morgan fingerprint density at radius 1 is 1.00 bits per heavy atom. The summed E-state index contributed by atoms with van der Waals surface area (Å²) in [5.74, 6) is 0.495. The lowest BCUT2D eigenvalue weighted by molar-refractivity contribution is 0.0703. The van der Waals surface area contributed by atoms with E-state index in [0.717, 1.165) is 16.5 Å². The van der Waals surface area contributed by atoms with E-state index >= 15 is 0 Å². The van der Waals surface area contributed by atoms with Gasteiger partial charge in [0.05, 0.1) is 12.7 Å². The molecule has 0 fully saturated rings. The molecule has 1 aliphatic rings. The number of methoxy groups -OCH3 is 1. The first-order chi connectivity index (χ1) is 15.5. The Kier molecular flexibility index (Phi) is 4.75. The van der Waals surface area contributed by atoms with Gasteiger partial charge in [-0.1, -0.05) is 36.4 Å². The van der Waals surface area contributed by atoms with Crippen molar-refractivity contribution in [3.8, 4) is 17.2 Å². The van der Waals surface area contributed by atoms with Crippen molar-refractivity contribution in [2.45, 2.75) is 6.92 Å². The van der Waals surface area contributed by atoms with Crippen molar-refractivity contribution in [3.63, 3.8) is 0 Å². The molecule has 6 heteroatoms. The van der Waals surface area contributed by atoms with Gasteiger partial charge in [0, 0.05) is 11.5 Å². The maximum atomic E-state index is 12.7. The van der Waals surface area contributed by atoms with Gasteiger partial charge < -0.3 is 18.6 Å². The summed E-state index contributed by atoms with van der Waals surface area (Å²) in [6, 6.07) is 19.3. The molecule has 0 N–H and O–H groups in total. The largest absolute Gasteiger partial charge is 0.493 e. The number of esters is 1. The van der Waals surface area contributed by atoms with Gasteiger partial charge in [-0.25, -0.2) is 4.79 Å². The number of ketones is 1. The third-order valence-corrected chi connectivity index (χ3v) is 5.26. The number of Topliss-reactive ketones (excluding diaryl/α,β-unsaturated/α-hetero) is 1. The van der Waals surface area contributed by atoms with E-state index in [1.807, 2.05) is 43.3 Å². The molecule has 0 bridgehead atoms. The molecular weight excluding hydrogens is 408 g/mol. The lowest BCUT2D eigenvalue weighted by Crippen LogP contribution is -2.07. The molecule has 4 aromatic rings. The van der Waals surface area contributed by atoms with Crippen molar-refractivity contribution in [2.24, 2.45) is 0 Å². The van der Waals surface area contributed by atoms with Crippen LogP contribution < -0.4 is 14.2 Å². The van der Waals surface area contributed by atoms with E-state index in [1.54, 1.807) is 30.3 Å². The van der Waals surface area contributed by atoms with E-state index in [2.05, 4.69) is 0 Å². The van der Waals surface area contributed by atoms with Gasteiger partial charge in [0.25, 0.3) is 0 Å². The van der Waals surface area contributed by atoms with Crippen LogP contribution >= 0.6 is 0 Å². The van der Waals surface area contributed by atoms with Crippen molar-refractivity contribution in [3.05, 3.63) is 94.9 Å². The van der Waals surface area contributed by atoms with Crippen LogP contribution in [0.15, 0.2) is 76.9 Å². The quantitative estimate of drug-likeness (QED) is 0.241. The fourth-order valence-electron chi connectivity index (χ4n) is 3.58. The fraction of sp³-hybridized carbons (Fsp3) is 0.0769. The van der Waals surface area contributed by atoms with Crippen LogP contribution in [0.25, 0.3) is 17.0 Å². The van der Waals surface area contributed by atoms with Crippen LogP contribution in [0.2, 0.25) is 0 Å². The average Bonchev–Trinajstić information content (AvgIpc) is 3.36. The normalized spacial score (nSPS) is 13.8. The third kappa shape index (κ3) is 3.41. The SMILES string of the molecule is COc1cccc2cc(C(=O)Oc3ccc4c(c3)O/C(=C\c3ccccc3C)C4=O)oc12. The molecule has 6 nitrogen and oxygen atoms in total. The van der Waals surface area contributed by atoms with Crippen molar-refractivity contribution >= 4 is 28.8 Å². The molecule has 32 heavy (non-hydrogen) atoms. The van der Waals surface area contributed by atoms with E-state index < -0.39 is 5.97 Å². The molecule has 0 spiro atoms. The smallest absolute Gasteiger partial charge is 0.379 e. The molecule has 1 aliphatic heterocycles. The zero-order chi connectivity index (χ0) is 22.2. The van der Waals surface area contributed by atoms with E-state index in [-0.39, 0.29) is 23.1 Å². The zero-order valence-corrected chi connectivity index (χ0v) is 17.4. The van der Waals surface area contributed by atoms with Crippen molar-refractivity contribution < 1.29 is 28.2 Å². The van der Waals surface area contributed by atoms with Gasteiger partial charge in [-0.2, -0.15) is 0 Å². The van der Waals surface area contributed by atoms with Crippen LogP contribution in [0.5, 0.6) is 17.2 Å². The first-order valence-corrected chi connectivity index (χ1v) is 9.96. The Morgan fingerprint density at radius 2 is 1.84 bits per heavy atom. The summed E-state index contributed by atoms with van der Waals surface area (Å²) < 4.78 is 22.1. The number of ether oxygens (including phenoxy) is 3. The third-order valence-electron chi connectivity index (χ3n) is 5.26. The highest BCUT2D eigenvalue weighted by Crippen LogP contribution is 2.36. The number of fused-ring (bicyclic) bond motifs is 2. The number of carbonyl (C=O) groups is 2. The molecule has 0 atom stereocenters. The molecule has 0 amide bonds. The molecule has 0 radical (unpaired) electrons. The topological polar surface area (TPSA) is 75.0 Å². The maximum Gasteiger partial charge on any atom is 0.379 e. The second-order valence-electron chi connectivity index (χ2n) is 7.33. The van der Waals surface area contributed by atoms with Gasteiger partial charge in [0.15, 0.2) is 17.1 Å². The van der Waals surface area contributed by atoms with Gasteiger partial charge in [-0.05, 0) is 48.4 Å². The Morgan fingerprint density at radius 3 is 2.66 bits per heavy atom. The summed E-state index contributed by atoms with van der Waals surface area (Å²) in [6.07, 6.45) is 1.71. The highest BCUT2D eigenvalue weighted by Gasteiger charge is 2.28. The van der Waals surface area contributed by atoms with Crippen LogP contribution in [-0.4, -0.2) is 18.9 Å².